The number of amides is 1. The molecule has 0 aliphatic carbocycles. The molecule has 0 N–H and O–H groups in total. The van der Waals surface area contributed by atoms with E-state index in [0.29, 0.717) is 43.4 Å². The summed E-state index contributed by atoms with van der Waals surface area (Å²) in [4.78, 5) is 15.5. The zero-order valence-electron chi connectivity index (χ0n) is 14.6. The molecule has 1 aromatic rings. The van der Waals surface area contributed by atoms with Crippen molar-refractivity contribution >= 4 is 27.7 Å². The van der Waals surface area contributed by atoms with Gasteiger partial charge in [-0.1, -0.05) is 20.8 Å². The molecule has 7 heteroatoms. The van der Waals surface area contributed by atoms with E-state index in [2.05, 4.69) is 13.8 Å². The molecule has 1 aliphatic rings. The Balaban J connectivity index is 1.95. The Hall–Kier alpha value is -1.05. The van der Waals surface area contributed by atoms with Gasteiger partial charge in [-0.25, -0.2) is 8.42 Å². The van der Waals surface area contributed by atoms with Gasteiger partial charge in [0.25, 0.3) is 5.91 Å². The van der Waals surface area contributed by atoms with Crippen LogP contribution in [0.3, 0.4) is 0 Å². The van der Waals surface area contributed by atoms with E-state index < -0.39 is 10.0 Å². The van der Waals surface area contributed by atoms with Crippen molar-refractivity contribution in [1.82, 2.24) is 9.21 Å². The third-order valence-corrected chi connectivity index (χ3v) is 6.95. The van der Waals surface area contributed by atoms with Crippen LogP contribution in [-0.4, -0.2) is 60.7 Å². The standard InChI is InChI=1S/C17H26N2O3S2/c1-4-13-24(21,22)19-11-9-18(10-12-19)17(20)15-5-7-16(8-6-15)23-14(2)3/h5-8,14H,4,9-13H2,1-3H3. The van der Waals surface area contributed by atoms with Crippen molar-refractivity contribution in [3.8, 4) is 0 Å². The molecule has 1 amide bonds. The number of hydrogen-bond donors (Lipinski definition) is 0. The quantitative estimate of drug-likeness (QED) is 0.723. The lowest BCUT2D eigenvalue weighted by Gasteiger charge is -2.34. The van der Waals surface area contributed by atoms with Gasteiger partial charge in [0.1, 0.15) is 0 Å². The number of carbonyl (C=O) groups excluding carboxylic acids is 1. The summed E-state index contributed by atoms with van der Waals surface area (Å²) in [5.41, 5.74) is 0.660. The van der Waals surface area contributed by atoms with E-state index >= 15 is 0 Å². The van der Waals surface area contributed by atoms with Gasteiger partial charge < -0.3 is 4.90 Å². The first-order valence-electron chi connectivity index (χ1n) is 8.37. The van der Waals surface area contributed by atoms with E-state index in [-0.39, 0.29) is 11.7 Å². The second kappa shape index (κ2) is 8.36. The highest BCUT2D eigenvalue weighted by Crippen LogP contribution is 2.23. The van der Waals surface area contributed by atoms with Crippen LogP contribution in [0, 0.1) is 0 Å². The van der Waals surface area contributed by atoms with Gasteiger partial charge in [0.2, 0.25) is 10.0 Å². The van der Waals surface area contributed by atoms with Gasteiger partial charge in [-0.2, -0.15) is 4.31 Å². The second-order valence-corrected chi connectivity index (χ2v) is 9.94. The maximum Gasteiger partial charge on any atom is 0.253 e. The van der Waals surface area contributed by atoms with Gasteiger partial charge >= 0.3 is 0 Å². The molecule has 0 saturated carbocycles. The lowest BCUT2D eigenvalue weighted by Crippen LogP contribution is -2.51. The Bertz CT molecular complexity index is 649. The predicted molar refractivity (Wildman–Crippen MR) is 99.0 cm³/mol. The molecule has 0 bridgehead atoms. The van der Waals surface area contributed by atoms with Gasteiger partial charge in [-0.05, 0) is 30.7 Å². The van der Waals surface area contributed by atoms with Crippen LogP contribution in [0.15, 0.2) is 29.2 Å². The van der Waals surface area contributed by atoms with Crippen molar-refractivity contribution in [3.05, 3.63) is 29.8 Å². The van der Waals surface area contributed by atoms with E-state index in [4.69, 9.17) is 0 Å². The van der Waals surface area contributed by atoms with Crippen molar-refractivity contribution in [2.45, 2.75) is 37.3 Å². The minimum Gasteiger partial charge on any atom is -0.336 e. The molecule has 1 aromatic carbocycles. The van der Waals surface area contributed by atoms with E-state index in [1.807, 2.05) is 31.2 Å². The lowest BCUT2D eigenvalue weighted by atomic mass is 10.2. The van der Waals surface area contributed by atoms with Crippen LogP contribution in [0.4, 0.5) is 0 Å². The summed E-state index contributed by atoms with van der Waals surface area (Å²) in [7, 11) is -3.17. The Labute approximate surface area is 149 Å². The van der Waals surface area contributed by atoms with Gasteiger partial charge in [-0.3, -0.25) is 4.79 Å². The van der Waals surface area contributed by atoms with Gasteiger partial charge in [0.05, 0.1) is 5.75 Å². The average Bonchev–Trinajstić information content (AvgIpc) is 2.54. The highest BCUT2D eigenvalue weighted by molar-refractivity contribution is 7.99. The number of hydrogen-bond acceptors (Lipinski definition) is 4. The second-order valence-electron chi connectivity index (χ2n) is 6.20. The van der Waals surface area contributed by atoms with Gasteiger partial charge in [0, 0.05) is 41.9 Å². The molecule has 0 radical (unpaired) electrons. The Morgan fingerprint density at radius 1 is 1.12 bits per heavy atom. The molecule has 1 fully saturated rings. The molecular weight excluding hydrogens is 344 g/mol. The number of sulfonamides is 1. The van der Waals surface area contributed by atoms with Gasteiger partial charge in [0.15, 0.2) is 0 Å². The minimum absolute atomic E-state index is 0.0244. The highest BCUT2D eigenvalue weighted by atomic mass is 32.2. The Kier molecular flexibility index (Phi) is 6.71. The third-order valence-electron chi connectivity index (χ3n) is 3.85. The average molecular weight is 371 g/mol. The fourth-order valence-corrected chi connectivity index (χ4v) is 5.02. The molecule has 1 saturated heterocycles. The predicted octanol–water partition coefficient (Wildman–Crippen LogP) is 2.68. The fourth-order valence-electron chi connectivity index (χ4n) is 2.69. The maximum atomic E-state index is 12.6. The number of nitrogens with zero attached hydrogens (tertiary/aromatic N) is 2. The summed E-state index contributed by atoms with van der Waals surface area (Å²) in [6.45, 7) is 7.80. The van der Waals surface area contributed by atoms with Crippen LogP contribution in [-0.2, 0) is 10.0 Å². The van der Waals surface area contributed by atoms with Gasteiger partial charge in [-0.15, -0.1) is 11.8 Å². The van der Waals surface area contributed by atoms with E-state index in [1.165, 1.54) is 4.31 Å². The van der Waals surface area contributed by atoms with E-state index in [0.717, 1.165) is 4.90 Å². The first-order valence-corrected chi connectivity index (χ1v) is 10.9. The zero-order valence-corrected chi connectivity index (χ0v) is 16.2. The summed E-state index contributed by atoms with van der Waals surface area (Å²) < 4.78 is 25.7. The molecule has 2 rings (SSSR count). The van der Waals surface area contributed by atoms with Crippen LogP contribution in [0.25, 0.3) is 0 Å². The molecule has 1 aliphatic heterocycles. The lowest BCUT2D eigenvalue weighted by molar-refractivity contribution is 0.0698. The monoisotopic (exact) mass is 370 g/mol. The molecule has 5 nitrogen and oxygen atoms in total. The summed E-state index contributed by atoms with van der Waals surface area (Å²) in [5.74, 6) is 0.152. The molecule has 0 atom stereocenters. The van der Waals surface area contributed by atoms with Crippen molar-refractivity contribution in [2.75, 3.05) is 31.9 Å². The van der Waals surface area contributed by atoms with E-state index in [9.17, 15) is 13.2 Å². The summed E-state index contributed by atoms with van der Waals surface area (Å²) in [5, 5.41) is 0.504. The molecule has 0 unspecified atom stereocenters. The van der Waals surface area contributed by atoms with Crippen LogP contribution in [0.1, 0.15) is 37.6 Å². The summed E-state index contributed by atoms with van der Waals surface area (Å²) in [6, 6.07) is 7.65. The maximum absolute atomic E-state index is 12.6. The van der Waals surface area contributed by atoms with Crippen LogP contribution >= 0.6 is 11.8 Å². The van der Waals surface area contributed by atoms with Crippen molar-refractivity contribution in [2.24, 2.45) is 0 Å². The number of rotatable bonds is 6. The SMILES string of the molecule is CCCS(=O)(=O)N1CCN(C(=O)c2ccc(SC(C)C)cc2)CC1. The largest absolute Gasteiger partial charge is 0.336 e. The van der Waals surface area contributed by atoms with Crippen LogP contribution < -0.4 is 0 Å². The molecular formula is C17H26N2O3S2. The molecule has 134 valence electrons. The summed E-state index contributed by atoms with van der Waals surface area (Å²) in [6.07, 6.45) is 0.613. The first-order chi connectivity index (χ1) is 11.3. The number of piperazine rings is 1. The number of thioether (sulfide) groups is 1. The topological polar surface area (TPSA) is 57.7 Å². The Morgan fingerprint density at radius 2 is 1.71 bits per heavy atom. The zero-order chi connectivity index (χ0) is 17.7. The molecule has 1 heterocycles. The fraction of sp³-hybridized carbons (Fsp3) is 0.588. The third kappa shape index (κ3) is 4.97. The summed E-state index contributed by atoms with van der Waals surface area (Å²) >= 11 is 1.76. The molecule has 24 heavy (non-hydrogen) atoms. The smallest absolute Gasteiger partial charge is 0.253 e. The molecule has 0 spiro atoms. The minimum atomic E-state index is -3.17. The highest BCUT2D eigenvalue weighted by Gasteiger charge is 2.28. The number of benzene rings is 1. The molecule has 0 aromatic heterocycles. The van der Waals surface area contributed by atoms with Crippen LogP contribution in [0.2, 0.25) is 0 Å². The van der Waals surface area contributed by atoms with Crippen molar-refractivity contribution < 1.29 is 13.2 Å². The Morgan fingerprint density at radius 3 is 2.21 bits per heavy atom. The van der Waals surface area contributed by atoms with Crippen LogP contribution in [0.5, 0.6) is 0 Å². The first kappa shape index (κ1) is 19.3. The van der Waals surface area contributed by atoms with E-state index in [1.54, 1.807) is 16.7 Å². The van der Waals surface area contributed by atoms with Crippen molar-refractivity contribution in [3.63, 3.8) is 0 Å². The normalized spacial score (nSPS) is 16.6. The number of carbonyl (C=O) groups is 1. The van der Waals surface area contributed by atoms with Crippen molar-refractivity contribution in [1.29, 1.82) is 0 Å².